The maximum Gasteiger partial charge on any atom is 0.171 e. The molecule has 21 heavy (non-hydrogen) atoms. The number of hydrogen-bond acceptors (Lipinski definition) is 5. The van der Waals surface area contributed by atoms with Crippen LogP contribution in [0.15, 0.2) is 23.2 Å². The maximum atomic E-state index is 8.55. The van der Waals surface area contributed by atoms with Gasteiger partial charge in [-0.2, -0.15) is 0 Å². The number of nitrogens with zero attached hydrogens (tertiary/aromatic N) is 2. The molecule has 0 atom stereocenters. The first-order chi connectivity index (χ1) is 10.2. The molecule has 2 heterocycles. The molecule has 2 aliphatic heterocycles. The molecule has 2 aliphatic rings. The largest absolute Gasteiger partial charge is 0.371 e. The standard InChI is InChI=1S/C15H21N3O3/c1-12-10-13(2-3-14(12)16-11-17-19)18-6-4-15(5-7-18)20-8-9-21-15/h2-3,10-11,19H,4-9H2,1H3,(H,16,17). The Morgan fingerprint density at radius 2 is 2.00 bits per heavy atom. The lowest BCUT2D eigenvalue weighted by Gasteiger charge is -2.38. The van der Waals surface area contributed by atoms with Crippen LogP contribution in [0.3, 0.4) is 0 Å². The zero-order valence-electron chi connectivity index (χ0n) is 12.2. The van der Waals surface area contributed by atoms with Crippen LogP contribution in [-0.2, 0) is 9.47 Å². The lowest BCUT2D eigenvalue weighted by atomic mass is 10.0. The lowest BCUT2D eigenvalue weighted by molar-refractivity contribution is -0.169. The molecule has 0 radical (unpaired) electrons. The van der Waals surface area contributed by atoms with Gasteiger partial charge in [-0.25, -0.2) is 4.99 Å². The van der Waals surface area contributed by atoms with Crippen molar-refractivity contribution in [2.75, 3.05) is 31.2 Å². The molecule has 0 saturated carbocycles. The molecule has 2 N–H and O–H groups in total. The SMILES string of the molecule is Cc1cc(N2CCC3(CC2)OCCO3)ccc1N=CNO. The van der Waals surface area contributed by atoms with Crippen molar-refractivity contribution in [1.82, 2.24) is 5.48 Å². The van der Waals surface area contributed by atoms with E-state index in [0.29, 0.717) is 13.2 Å². The number of anilines is 1. The van der Waals surface area contributed by atoms with Crippen LogP contribution in [0.1, 0.15) is 18.4 Å². The molecular formula is C15H21N3O3. The van der Waals surface area contributed by atoms with E-state index >= 15 is 0 Å². The number of benzene rings is 1. The molecule has 0 bridgehead atoms. The van der Waals surface area contributed by atoms with E-state index in [4.69, 9.17) is 14.7 Å². The van der Waals surface area contributed by atoms with Crippen molar-refractivity contribution in [2.45, 2.75) is 25.6 Å². The molecule has 0 amide bonds. The molecule has 3 rings (SSSR count). The van der Waals surface area contributed by atoms with E-state index in [1.807, 2.05) is 18.5 Å². The predicted octanol–water partition coefficient (Wildman–Crippen LogP) is 1.98. The summed E-state index contributed by atoms with van der Waals surface area (Å²) in [5.74, 6) is -0.331. The first-order valence-corrected chi connectivity index (χ1v) is 7.28. The van der Waals surface area contributed by atoms with Gasteiger partial charge in [0.15, 0.2) is 5.79 Å². The van der Waals surface area contributed by atoms with Gasteiger partial charge in [-0.15, -0.1) is 0 Å². The second-order valence-electron chi connectivity index (χ2n) is 5.45. The van der Waals surface area contributed by atoms with Crippen LogP contribution >= 0.6 is 0 Å². The Hall–Kier alpha value is -1.63. The Morgan fingerprint density at radius 1 is 1.29 bits per heavy atom. The van der Waals surface area contributed by atoms with Gasteiger partial charge in [-0.1, -0.05) is 0 Å². The predicted molar refractivity (Wildman–Crippen MR) is 80.3 cm³/mol. The van der Waals surface area contributed by atoms with Crippen LogP contribution in [0.2, 0.25) is 0 Å². The first-order valence-electron chi connectivity index (χ1n) is 7.28. The second-order valence-corrected chi connectivity index (χ2v) is 5.45. The Labute approximate surface area is 124 Å². The van der Waals surface area contributed by atoms with E-state index in [1.54, 1.807) is 0 Å². The number of piperidine rings is 1. The molecule has 1 aromatic carbocycles. The molecule has 6 nitrogen and oxygen atoms in total. The van der Waals surface area contributed by atoms with E-state index in [1.165, 1.54) is 12.0 Å². The minimum Gasteiger partial charge on any atom is -0.371 e. The zero-order chi connectivity index (χ0) is 14.7. The summed E-state index contributed by atoms with van der Waals surface area (Å²) in [5.41, 5.74) is 5.03. The number of hydrogen-bond donors (Lipinski definition) is 2. The number of rotatable bonds is 3. The molecule has 1 aromatic rings. The highest BCUT2D eigenvalue weighted by atomic mass is 16.7. The Morgan fingerprint density at radius 3 is 2.62 bits per heavy atom. The van der Waals surface area contributed by atoms with Gasteiger partial charge >= 0.3 is 0 Å². The number of aliphatic imine (C=N–C) groups is 1. The fraction of sp³-hybridized carbons (Fsp3) is 0.533. The summed E-state index contributed by atoms with van der Waals surface area (Å²) >= 11 is 0. The summed E-state index contributed by atoms with van der Waals surface area (Å²) in [6, 6.07) is 6.15. The highest BCUT2D eigenvalue weighted by Crippen LogP contribution is 2.34. The first kappa shape index (κ1) is 14.3. The Balaban J connectivity index is 1.68. The molecule has 2 saturated heterocycles. The van der Waals surface area contributed by atoms with Gasteiger partial charge in [0, 0.05) is 31.6 Å². The smallest absolute Gasteiger partial charge is 0.171 e. The third kappa shape index (κ3) is 3.02. The molecule has 0 aliphatic carbocycles. The molecule has 6 heteroatoms. The van der Waals surface area contributed by atoms with E-state index in [2.05, 4.69) is 22.0 Å². The summed E-state index contributed by atoms with van der Waals surface area (Å²) in [6.07, 6.45) is 3.07. The Kier molecular flexibility index (Phi) is 4.10. The van der Waals surface area contributed by atoms with Crippen molar-refractivity contribution in [3.05, 3.63) is 23.8 Å². The van der Waals surface area contributed by atoms with Crippen LogP contribution in [0, 0.1) is 6.92 Å². The minimum atomic E-state index is -0.331. The Bertz CT molecular complexity index is 517. The molecule has 1 spiro atoms. The molecule has 0 aromatic heterocycles. The number of hydroxylamine groups is 1. The van der Waals surface area contributed by atoms with Gasteiger partial charge in [-0.3, -0.25) is 10.7 Å². The average molecular weight is 291 g/mol. The summed E-state index contributed by atoms with van der Waals surface area (Å²) in [7, 11) is 0. The highest BCUT2D eigenvalue weighted by Gasteiger charge is 2.39. The second kappa shape index (κ2) is 6.01. The van der Waals surface area contributed by atoms with Crippen LogP contribution in [0.5, 0.6) is 0 Å². The molecule has 2 fully saturated rings. The van der Waals surface area contributed by atoms with Crippen molar-refractivity contribution in [3.63, 3.8) is 0 Å². The van der Waals surface area contributed by atoms with Gasteiger partial charge < -0.3 is 14.4 Å². The number of aryl methyl sites for hydroxylation is 1. The molecular weight excluding hydrogens is 270 g/mol. The quantitative estimate of drug-likeness (QED) is 0.506. The van der Waals surface area contributed by atoms with Crippen LogP contribution in [0.25, 0.3) is 0 Å². The topological polar surface area (TPSA) is 66.3 Å². The maximum absolute atomic E-state index is 8.55. The van der Waals surface area contributed by atoms with Crippen molar-refractivity contribution >= 4 is 17.7 Å². The summed E-state index contributed by atoms with van der Waals surface area (Å²) in [5, 5.41) is 8.55. The van der Waals surface area contributed by atoms with E-state index in [9.17, 15) is 0 Å². The number of nitrogens with one attached hydrogen (secondary N) is 1. The normalized spacial score (nSPS) is 21.3. The van der Waals surface area contributed by atoms with E-state index in [0.717, 1.165) is 37.2 Å². The minimum absolute atomic E-state index is 0.331. The van der Waals surface area contributed by atoms with Crippen LogP contribution in [-0.4, -0.2) is 43.6 Å². The lowest BCUT2D eigenvalue weighted by Crippen LogP contribution is -2.45. The average Bonchev–Trinajstić information content (AvgIpc) is 2.95. The van der Waals surface area contributed by atoms with Crippen molar-refractivity contribution in [1.29, 1.82) is 0 Å². The molecule has 0 unspecified atom stereocenters. The fourth-order valence-corrected chi connectivity index (χ4v) is 2.97. The third-order valence-electron chi connectivity index (χ3n) is 4.15. The monoisotopic (exact) mass is 291 g/mol. The third-order valence-corrected chi connectivity index (χ3v) is 4.15. The zero-order valence-corrected chi connectivity index (χ0v) is 12.2. The fourth-order valence-electron chi connectivity index (χ4n) is 2.97. The van der Waals surface area contributed by atoms with E-state index in [-0.39, 0.29) is 5.79 Å². The van der Waals surface area contributed by atoms with Crippen molar-refractivity contribution < 1.29 is 14.7 Å². The van der Waals surface area contributed by atoms with Gasteiger partial charge in [0.1, 0.15) is 6.34 Å². The highest BCUT2D eigenvalue weighted by molar-refractivity contribution is 5.64. The van der Waals surface area contributed by atoms with Gasteiger partial charge in [-0.05, 0) is 30.7 Å². The van der Waals surface area contributed by atoms with Crippen LogP contribution < -0.4 is 10.4 Å². The van der Waals surface area contributed by atoms with E-state index < -0.39 is 0 Å². The van der Waals surface area contributed by atoms with Gasteiger partial charge in [0.25, 0.3) is 0 Å². The summed E-state index contributed by atoms with van der Waals surface area (Å²) in [6.45, 7) is 5.30. The summed E-state index contributed by atoms with van der Waals surface area (Å²) in [4.78, 5) is 6.47. The van der Waals surface area contributed by atoms with Crippen molar-refractivity contribution in [3.8, 4) is 0 Å². The van der Waals surface area contributed by atoms with Crippen LogP contribution in [0.4, 0.5) is 11.4 Å². The number of ether oxygens (including phenoxy) is 2. The van der Waals surface area contributed by atoms with Crippen molar-refractivity contribution in [2.24, 2.45) is 4.99 Å². The molecule has 114 valence electrons. The van der Waals surface area contributed by atoms with Gasteiger partial charge in [0.2, 0.25) is 0 Å². The summed E-state index contributed by atoms with van der Waals surface area (Å²) < 4.78 is 11.5. The van der Waals surface area contributed by atoms with Gasteiger partial charge in [0.05, 0.1) is 18.9 Å².